The van der Waals surface area contributed by atoms with Crippen molar-refractivity contribution in [3.63, 3.8) is 0 Å². The normalized spacial score (nSPS) is 22.1. The second-order valence-corrected chi connectivity index (χ2v) is 4.74. The molecule has 0 aromatic heterocycles. The van der Waals surface area contributed by atoms with Crippen LogP contribution < -0.4 is 10.6 Å². The van der Waals surface area contributed by atoms with Gasteiger partial charge in [-0.2, -0.15) is 0 Å². The molecule has 1 atom stereocenters. The van der Waals surface area contributed by atoms with Crippen LogP contribution >= 0.6 is 0 Å². The molecule has 0 bridgehead atoms. The van der Waals surface area contributed by atoms with Crippen molar-refractivity contribution in [3.05, 3.63) is 39.9 Å². The number of hydrogen-bond acceptors (Lipinski definition) is 4. The van der Waals surface area contributed by atoms with Crippen molar-refractivity contribution >= 4 is 11.8 Å². The van der Waals surface area contributed by atoms with Crippen LogP contribution in [-0.4, -0.2) is 34.8 Å². The van der Waals surface area contributed by atoms with Crippen LogP contribution in [0.25, 0.3) is 0 Å². The summed E-state index contributed by atoms with van der Waals surface area (Å²) in [4.78, 5) is 21.2. The van der Waals surface area contributed by atoms with Crippen molar-refractivity contribution in [3.8, 4) is 0 Å². The molecule has 1 aromatic carbocycles. The fraction of sp³-hybridized carbons (Fsp3) is 0.417. The Hall–Kier alpha value is -2.15. The maximum Gasteiger partial charge on any atom is 0.405 e. The third-order valence-corrected chi connectivity index (χ3v) is 3.28. The number of nitrogens with one attached hydrogen (secondary N) is 2. The molecular weight excluding hydrogens is 250 g/mol. The molecule has 1 heterocycles. The van der Waals surface area contributed by atoms with E-state index in [-0.39, 0.29) is 5.69 Å². The maximum absolute atomic E-state index is 10.9. The van der Waals surface area contributed by atoms with E-state index in [9.17, 15) is 14.9 Å². The first-order valence-electron chi connectivity index (χ1n) is 5.96. The number of hydrogen-bond donors (Lipinski definition) is 3. The van der Waals surface area contributed by atoms with Gasteiger partial charge in [0.05, 0.1) is 10.5 Å². The smallest absolute Gasteiger partial charge is 0.405 e. The van der Waals surface area contributed by atoms with Crippen molar-refractivity contribution in [1.82, 2.24) is 10.6 Å². The van der Waals surface area contributed by atoms with E-state index in [0.29, 0.717) is 19.4 Å². The molecule has 0 unspecified atom stereocenters. The van der Waals surface area contributed by atoms with Gasteiger partial charge in [-0.05, 0) is 24.9 Å². The van der Waals surface area contributed by atoms with Gasteiger partial charge in [-0.25, -0.2) is 4.79 Å². The summed E-state index contributed by atoms with van der Waals surface area (Å²) < 4.78 is 0. The summed E-state index contributed by atoms with van der Waals surface area (Å²) in [5.74, 6) is 0. The standard InChI is InChI=1S/C12H15N3O4/c16-11(17)14-12(4-5-13-8-12)7-9-2-1-3-10(6-9)15(18)19/h1-3,6,13-14H,4-5,7-8H2,(H,16,17)/t12-/m0/s1. The number of amides is 1. The van der Waals surface area contributed by atoms with Gasteiger partial charge in [-0.15, -0.1) is 0 Å². The first kappa shape index (κ1) is 13.3. The molecule has 3 N–H and O–H groups in total. The van der Waals surface area contributed by atoms with Gasteiger partial charge >= 0.3 is 6.09 Å². The molecular formula is C12H15N3O4. The molecule has 0 radical (unpaired) electrons. The Morgan fingerprint density at radius 3 is 2.95 bits per heavy atom. The lowest BCUT2D eigenvalue weighted by atomic mass is 9.90. The number of nitro benzene ring substituents is 1. The summed E-state index contributed by atoms with van der Waals surface area (Å²) in [6, 6.07) is 6.30. The second-order valence-electron chi connectivity index (χ2n) is 4.74. The molecule has 102 valence electrons. The Labute approximate surface area is 109 Å². The summed E-state index contributed by atoms with van der Waals surface area (Å²) >= 11 is 0. The van der Waals surface area contributed by atoms with Crippen LogP contribution in [-0.2, 0) is 6.42 Å². The van der Waals surface area contributed by atoms with E-state index in [1.807, 2.05) is 0 Å². The number of non-ortho nitro benzene ring substituents is 1. The topological polar surface area (TPSA) is 104 Å². The predicted molar refractivity (Wildman–Crippen MR) is 68.2 cm³/mol. The zero-order valence-electron chi connectivity index (χ0n) is 10.3. The minimum Gasteiger partial charge on any atom is -0.465 e. The number of rotatable bonds is 4. The van der Waals surface area contributed by atoms with Gasteiger partial charge in [-0.3, -0.25) is 10.1 Å². The fourth-order valence-electron chi connectivity index (χ4n) is 2.44. The van der Waals surface area contributed by atoms with E-state index >= 15 is 0 Å². The van der Waals surface area contributed by atoms with Crippen molar-refractivity contribution < 1.29 is 14.8 Å². The minimum absolute atomic E-state index is 0.0222. The van der Waals surface area contributed by atoms with Gasteiger partial charge < -0.3 is 15.7 Å². The monoisotopic (exact) mass is 265 g/mol. The van der Waals surface area contributed by atoms with Crippen LogP contribution in [0.5, 0.6) is 0 Å². The molecule has 0 saturated carbocycles. The Kier molecular flexibility index (Phi) is 3.66. The van der Waals surface area contributed by atoms with E-state index in [0.717, 1.165) is 12.1 Å². The first-order valence-corrected chi connectivity index (χ1v) is 5.96. The van der Waals surface area contributed by atoms with Crippen LogP contribution in [0.1, 0.15) is 12.0 Å². The summed E-state index contributed by atoms with van der Waals surface area (Å²) in [6.45, 7) is 1.26. The molecule has 7 nitrogen and oxygen atoms in total. The van der Waals surface area contributed by atoms with E-state index in [1.165, 1.54) is 12.1 Å². The van der Waals surface area contributed by atoms with Crippen LogP contribution in [0.2, 0.25) is 0 Å². The summed E-state index contributed by atoms with van der Waals surface area (Å²) in [5, 5.41) is 25.3. The highest BCUT2D eigenvalue weighted by Crippen LogP contribution is 2.23. The zero-order chi connectivity index (χ0) is 13.9. The zero-order valence-corrected chi connectivity index (χ0v) is 10.3. The van der Waals surface area contributed by atoms with Crippen molar-refractivity contribution in [2.45, 2.75) is 18.4 Å². The maximum atomic E-state index is 10.9. The number of carbonyl (C=O) groups is 1. The molecule has 2 rings (SSSR count). The molecule has 0 aliphatic carbocycles. The molecule has 1 aliphatic heterocycles. The van der Waals surface area contributed by atoms with Crippen LogP contribution in [0.4, 0.5) is 10.5 Å². The molecule has 0 spiro atoms. The SMILES string of the molecule is O=C(O)N[C@]1(Cc2cccc([N+](=O)[O-])c2)CCNC1. The third-order valence-electron chi connectivity index (χ3n) is 3.28. The Balaban J connectivity index is 2.19. The first-order chi connectivity index (χ1) is 9.01. The fourth-order valence-corrected chi connectivity index (χ4v) is 2.44. The molecule has 1 aliphatic rings. The average molecular weight is 265 g/mol. The lowest BCUT2D eigenvalue weighted by molar-refractivity contribution is -0.384. The molecule has 1 fully saturated rings. The van der Waals surface area contributed by atoms with Crippen molar-refractivity contribution in [1.29, 1.82) is 0 Å². The van der Waals surface area contributed by atoms with E-state index in [1.54, 1.807) is 12.1 Å². The van der Waals surface area contributed by atoms with E-state index in [2.05, 4.69) is 10.6 Å². The lowest BCUT2D eigenvalue weighted by Crippen LogP contribution is -2.51. The van der Waals surface area contributed by atoms with E-state index < -0.39 is 16.6 Å². The number of carboxylic acid groups (broad SMARTS) is 1. The second kappa shape index (κ2) is 5.23. The highest BCUT2D eigenvalue weighted by atomic mass is 16.6. The third kappa shape index (κ3) is 3.19. The Bertz CT molecular complexity index is 498. The van der Waals surface area contributed by atoms with Gasteiger partial charge in [0.25, 0.3) is 5.69 Å². The molecule has 19 heavy (non-hydrogen) atoms. The molecule has 1 aromatic rings. The van der Waals surface area contributed by atoms with Crippen LogP contribution in [0.15, 0.2) is 24.3 Å². The van der Waals surface area contributed by atoms with Gasteiger partial charge in [0, 0.05) is 18.7 Å². The Morgan fingerprint density at radius 2 is 2.37 bits per heavy atom. The molecule has 1 amide bonds. The predicted octanol–water partition coefficient (Wildman–Crippen LogP) is 1.14. The average Bonchev–Trinajstić information content (AvgIpc) is 2.76. The molecule has 1 saturated heterocycles. The largest absolute Gasteiger partial charge is 0.465 e. The highest BCUT2D eigenvalue weighted by Gasteiger charge is 2.35. The van der Waals surface area contributed by atoms with Crippen molar-refractivity contribution in [2.75, 3.05) is 13.1 Å². The van der Waals surface area contributed by atoms with Gasteiger partial charge in [0.1, 0.15) is 0 Å². The molecule has 7 heteroatoms. The minimum atomic E-state index is -1.07. The quantitative estimate of drug-likeness (QED) is 0.559. The Morgan fingerprint density at radius 1 is 1.58 bits per heavy atom. The summed E-state index contributed by atoms with van der Waals surface area (Å²) in [7, 11) is 0. The highest BCUT2D eigenvalue weighted by molar-refractivity contribution is 5.66. The summed E-state index contributed by atoms with van der Waals surface area (Å²) in [5.41, 5.74) is 0.196. The lowest BCUT2D eigenvalue weighted by Gasteiger charge is -2.28. The number of benzene rings is 1. The van der Waals surface area contributed by atoms with Crippen molar-refractivity contribution in [2.24, 2.45) is 0 Å². The number of nitro groups is 1. The number of nitrogens with zero attached hydrogens (tertiary/aromatic N) is 1. The van der Waals surface area contributed by atoms with Crippen LogP contribution in [0.3, 0.4) is 0 Å². The summed E-state index contributed by atoms with van der Waals surface area (Å²) in [6.07, 6.45) is 0.0322. The van der Waals surface area contributed by atoms with Gasteiger partial charge in [0.15, 0.2) is 0 Å². The van der Waals surface area contributed by atoms with Gasteiger partial charge in [0.2, 0.25) is 0 Å². The van der Waals surface area contributed by atoms with E-state index in [4.69, 9.17) is 5.11 Å². The van der Waals surface area contributed by atoms with Gasteiger partial charge in [-0.1, -0.05) is 12.1 Å². The van der Waals surface area contributed by atoms with Crippen LogP contribution in [0, 0.1) is 10.1 Å².